The third-order valence-electron chi connectivity index (χ3n) is 0.946. The Morgan fingerprint density at radius 2 is 1.92 bits per heavy atom. The summed E-state index contributed by atoms with van der Waals surface area (Å²) in [6, 6.07) is 3.29. The first-order valence-electron chi connectivity index (χ1n) is 3.28. The molecule has 13 heavy (non-hydrogen) atoms. The summed E-state index contributed by atoms with van der Waals surface area (Å²) in [7, 11) is 0. The molecule has 0 radical (unpaired) electrons. The first-order valence-corrected chi connectivity index (χ1v) is 3.69. The second-order valence-electron chi connectivity index (χ2n) is 2.01. The first-order chi connectivity index (χ1) is 6.04. The molecule has 70 valence electrons. The molecule has 0 fully saturated rings. The van der Waals surface area contributed by atoms with Crippen molar-refractivity contribution in [3.05, 3.63) is 30.1 Å². The molecule has 0 aliphatic rings. The topological polar surface area (TPSA) is 108 Å². The normalized spacial score (nSPS) is 8.00. The van der Waals surface area contributed by atoms with Crippen LogP contribution in [0.3, 0.4) is 0 Å². The van der Waals surface area contributed by atoms with Crippen LogP contribution in [0.5, 0.6) is 0 Å². The average molecular weight is 198 g/mol. The molecule has 0 spiro atoms. The maximum absolute atomic E-state index is 10.4. The number of carbonyl (C=O) groups excluding carboxylic acids is 1. The molecule has 1 rings (SSSR count). The highest BCUT2D eigenvalue weighted by Crippen LogP contribution is 1.91. The third-order valence-corrected chi connectivity index (χ3v) is 0.946. The van der Waals surface area contributed by atoms with Crippen LogP contribution in [0.25, 0.3) is 0 Å². The van der Waals surface area contributed by atoms with E-state index in [4.69, 9.17) is 5.73 Å². The largest absolute Gasteiger partial charge is 0.377 e. The van der Waals surface area contributed by atoms with Gasteiger partial charge in [0.25, 0.3) is 0 Å². The number of pyridine rings is 1. The zero-order valence-electron chi connectivity index (χ0n) is 6.81. The highest BCUT2D eigenvalue weighted by molar-refractivity contribution is 7.80. The van der Waals surface area contributed by atoms with Gasteiger partial charge in [0, 0.05) is 12.4 Å². The summed E-state index contributed by atoms with van der Waals surface area (Å²) in [6.45, 7) is 0. The lowest BCUT2D eigenvalue weighted by Gasteiger charge is -1.88. The molecular formula is C7H10N4OS. The minimum atomic E-state index is -0.442. The molecule has 0 saturated carbocycles. The second-order valence-corrected chi connectivity index (χ2v) is 2.48. The lowest BCUT2D eigenvalue weighted by atomic mass is 10.3. The minimum absolute atomic E-state index is 0.000000000000000222. The smallest absolute Gasteiger partial charge is 0.250 e. The van der Waals surface area contributed by atoms with Gasteiger partial charge in [0.1, 0.15) is 0 Å². The van der Waals surface area contributed by atoms with Gasteiger partial charge in [-0.05, 0) is 24.4 Å². The fourth-order valence-corrected chi connectivity index (χ4v) is 0.509. The summed E-state index contributed by atoms with van der Waals surface area (Å²) in [5, 5.41) is 0.000000000000000222. The highest BCUT2D eigenvalue weighted by atomic mass is 32.1. The standard InChI is InChI=1S/C6H6N2O.CH4N2S/c7-6(9)5-2-1-3-8-4-5;2-1(3)4/h1-4H,(H2,7,9);(H4,2,3,4). The molecule has 0 aliphatic heterocycles. The molecule has 1 aromatic heterocycles. The summed E-state index contributed by atoms with van der Waals surface area (Å²) < 4.78 is 0. The van der Waals surface area contributed by atoms with Crippen LogP contribution in [0.15, 0.2) is 24.5 Å². The number of nitrogens with zero attached hydrogens (tertiary/aromatic N) is 1. The van der Waals surface area contributed by atoms with Crippen LogP contribution in [0.4, 0.5) is 0 Å². The fourth-order valence-electron chi connectivity index (χ4n) is 0.509. The number of thiocarbonyl (C=S) groups is 1. The van der Waals surface area contributed by atoms with Crippen molar-refractivity contribution < 1.29 is 4.79 Å². The Labute approximate surface area is 80.9 Å². The first kappa shape index (κ1) is 11.3. The monoisotopic (exact) mass is 198 g/mol. The van der Waals surface area contributed by atoms with E-state index in [1.165, 1.54) is 6.20 Å². The number of primary amides is 1. The van der Waals surface area contributed by atoms with Gasteiger partial charge in [-0.15, -0.1) is 0 Å². The number of amides is 1. The maximum Gasteiger partial charge on any atom is 0.250 e. The van der Waals surface area contributed by atoms with Gasteiger partial charge in [0.05, 0.1) is 5.56 Å². The van der Waals surface area contributed by atoms with Crippen LogP contribution in [-0.4, -0.2) is 16.0 Å². The van der Waals surface area contributed by atoms with Gasteiger partial charge in [-0.25, -0.2) is 0 Å². The summed E-state index contributed by atoms with van der Waals surface area (Å²) >= 11 is 4.09. The summed E-state index contributed by atoms with van der Waals surface area (Å²) in [5.41, 5.74) is 14.6. The molecule has 0 saturated heterocycles. The van der Waals surface area contributed by atoms with E-state index in [0.29, 0.717) is 5.56 Å². The number of rotatable bonds is 1. The van der Waals surface area contributed by atoms with E-state index in [0.717, 1.165) is 0 Å². The molecule has 0 aromatic carbocycles. The van der Waals surface area contributed by atoms with Crippen molar-refractivity contribution in [3.63, 3.8) is 0 Å². The zero-order valence-corrected chi connectivity index (χ0v) is 7.62. The maximum atomic E-state index is 10.4. The van der Waals surface area contributed by atoms with Crippen LogP contribution < -0.4 is 17.2 Å². The molecule has 0 unspecified atom stereocenters. The van der Waals surface area contributed by atoms with E-state index in [-0.39, 0.29) is 5.11 Å². The predicted molar refractivity (Wildman–Crippen MR) is 53.7 cm³/mol. The van der Waals surface area contributed by atoms with Crippen LogP contribution >= 0.6 is 12.2 Å². The van der Waals surface area contributed by atoms with E-state index in [1.54, 1.807) is 18.3 Å². The fraction of sp³-hybridized carbons (Fsp3) is 0. The Kier molecular flexibility index (Phi) is 5.13. The Hall–Kier alpha value is -1.69. The van der Waals surface area contributed by atoms with E-state index < -0.39 is 5.91 Å². The Balaban J connectivity index is 0.000000310. The van der Waals surface area contributed by atoms with Crippen LogP contribution in [0.2, 0.25) is 0 Å². The Bertz CT molecular complexity index is 284. The number of nitrogens with two attached hydrogens (primary N) is 3. The number of aromatic nitrogens is 1. The Morgan fingerprint density at radius 1 is 1.38 bits per heavy atom. The van der Waals surface area contributed by atoms with Gasteiger partial charge < -0.3 is 17.2 Å². The van der Waals surface area contributed by atoms with Gasteiger partial charge in [-0.1, -0.05) is 0 Å². The van der Waals surface area contributed by atoms with Crippen molar-refractivity contribution in [2.75, 3.05) is 0 Å². The summed E-state index contributed by atoms with van der Waals surface area (Å²) in [6.07, 6.45) is 3.02. The van der Waals surface area contributed by atoms with Crippen LogP contribution in [-0.2, 0) is 0 Å². The van der Waals surface area contributed by atoms with Gasteiger partial charge in [-0.2, -0.15) is 0 Å². The van der Waals surface area contributed by atoms with Gasteiger partial charge in [0.15, 0.2) is 5.11 Å². The summed E-state index contributed by atoms with van der Waals surface area (Å²) in [4.78, 5) is 14.1. The summed E-state index contributed by atoms with van der Waals surface area (Å²) in [5.74, 6) is -0.442. The molecule has 1 aromatic rings. The van der Waals surface area contributed by atoms with Gasteiger partial charge in [-0.3, -0.25) is 9.78 Å². The molecule has 0 bridgehead atoms. The molecular weight excluding hydrogens is 188 g/mol. The Morgan fingerprint density at radius 3 is 2.15 bits per heavy atom. The zero-order chi connectivity index (χ0) is 10.3. The van der Waals surface area contributed by atoms with Gasteiger partial charge in [0.2, 0.25) is 5.91 Å². The van der Waals surface area contributed by atoms with E-state index >= 15 is 0 Å². The molecule has 0 aliphatic carbocycles. The SMILES string of the molecule is NC(=O)c1cccnc1.NC(N)=S. The van der Waals surface area contributed by atoms with Crippen molar-refractivity contribution >= 4 is 23.2 Å². The van der Waals surface area contributed by atoms with Crippen molar-refractivity contribution in [1.29, 1.82) is 0 Å². The quantitative estimate of drug-likeness (QED) is 0.521. The van der Waals surface area contributed by atoms with Crippen molar-refractivity contribution in [3.8, 4) is 0 Å². The van der Waals surface area contributed by atoms with Crippen molar-refractivity contribution in [2.45, 2.75) is 0 Å². The molecule has 1 heterocycles. The second kappa shape index (κ2) is 5.90. The lowest BCUT2D eigenvalue weighted by molar-refractivity contribution is 0.1000. The number of carbonyl (C=O) groups is 1. The molecule has 6 heteroatoms. The lowest BCUT2D eigenvalue weighted by Crippen LogP contribution is -2.18. The van der Waals surface area contributed by atoms with E-state index in [9.17, 15) is 4.79 Å². The van der Waals surface area contributed by atoms with Crippen LogP contribution in [0, 0.1) is 0 Å². The van der Waals surface area contributed by atoms with Crippen molar-refractivity contribution in [1.82, 2.24) is 4.98 Å². The highest BCUT2D eigenvalue weighted by Gasteiger charge is 1.94. The molecule has 1 amide bonds. The average Bonchev–Trinajstić information content (AvgIpc) is 2.05. The molecule has 6 N–H and O–H groups in total. The number of hydrogen-bond acceptors (Lipinski definition) is 3. The van der Waals surface area contributed by atoms with Crippen molar-refractivity contribution in [2.24, 2.45) is 17.2 Å². The van der Waals surface area contributed by atoms with E-state index in [2.05, 4.69) is 28.7 Å². The molecule has 5 nitrogen and oxygen atoms in total. The van der Waals surface area contributed by atoms with Crippen LogP contribution in [0.1, 0.15) is 10.4 Å². The number of hydrogen-bond donors (Lipinski definition) is 3. The minimum Gasteiger partial charge on any atom is -0.377 e. The van der Waals surface area contributed by atoms with E-state index in [1.807, 2.05) is 0 Å². The predicted octanol–water partition coefficient (Wildman–Crippen LogP) is -0.631. The molecule has 0 atom stereocenters. The van der Waals surface area contributed by atoms with Gasteiger partial charge >= 0.3 is 0 Å². The third kappa shape index (κ3) is 6.70.